The lowest BCUT2D eigenvalue weighted by Gasteiger charge is -2.08. The van der Waals surface area contributed by atoms with E-state index >= 15 is 0 Å². The molecule has 0 atom stereocenters. The third kappa shape index (κ3) is 5.26. The molecule has 1 N–H and O–H groups in total. The highest BCUT2D eigenvalue weighted by Gasteiger charge is 2.34. The number of rotatable bonds is 7. The average Bonchev–Trinajstić information content (AvgIpc) is 3.34. The molecule has 0 unspecified atom stereocenters. The number of halogens is 4. The van der Waals surface area contributed by atoms with Gasteiger partial charge >= 0.3 is 12.1 Å². The van der Waals surface area contributed by atoms with Gasteiger partial charge in [0.15, 0.2) is 0 Å². The number of aryl methyl sites for hydroxylation is 3. The van der Waals surface area contributed by atoms with E-state index in [-0.39, 0.29) is 6.42 Å². The molecular formula is C23H18F4N2O2S3. The van der Waals surface area contributed by atoms with Gasteiger partial charge in [-0.1, -0.05) is 12.1 Å². The maximum absolute atomic E-state index is 14.0. The number of aromatic nitrogens is 2. The topological polar surface area (TPSA) is 63.1 Å². The lowest BCUT2D eigenvalue weighted by molar-refractivity contribution is -0.140. The van der Waals surface area contributed by atoms with Gasteiger partial charge in [-0.3, -0.25) is 4.79 Å². The maximum Gasteiger partial charge on any atom is 0.419 e. The third-order valence-electron chi connectivity index (χ3n) is 5.07. The summed E-state index contributed by atoms with van der Waals surface area (Å²) in [5.41, 5.74) is 1.62. The predicted octanol–water partition coefficient (Wildman–Crippen LogP) is 7.50. The first-order chi connectivity index (χ1) is 16.0. The Morgan fingerprint density at radius 2 is 1.88 bits per heavy atom. The number of carboxylic acid groups (broad SMARTS) is 1. The van der Waals surface area contributed by atoms with Crippen molar-refractivity contribution in [3.63, 3.8) is 0 Å². The molecule has 2 aromatic heterocycles. The molecule has 11 heteroatoms. The highest BCUT2D eigenvalue weighted by atomic mass is 32.2. The number of fused-ring (bicyclic) bond motifs is 1. The number of carboxylic acids is 1. The van der Waals surface area contributed by atoms with Gasteiger partial charge in [0.2, 0.25) is 0 Å². The Bertz CT molecular complexity index is 1380. The van der Waals surface area contributed by atoms with E-state index in [9.17, 15) is 22.4 Å². The fourth-order valence-corrected chi connectivity index (χ4v) is 6.70. The molecular weight excluding hydrogens is 508 g/mol. The van der Waals surface area contributed by atoms with Gasteiger partial charge in [0.25, 0.3) is 0 Å². The molecule has 0 fully saturated rings. The van der Waals surface area contributed by atoms with Crippen molar-refractivity contribution in [2.45, 2.75) is 43.5 Å². The molecule has 0 spiro atoms. The first-order valence-electron chi connectivity index (χ1n) is 10.1. The SMILES string of the molecule is Cc1ccc2sc(CCC(=O)O)nc2c1SCc1sc(-c2ccc(C(F)(F)F)c(F)c2)nc1C. The van der Waals surface area contributed by atoms with E-state index < -0.39 is 23.5 Å². The molecule has 4 rings (SSSR count). The van der Waals surface area contributed by atoms with Gasteiger partial charge < -0.3 is 5.11 Å². The minimum absolute atomic E-state index is 0.0225. The number of aliphatic carboxylic acids is 1. The molecule has 0 amide bonds. The summed E-state index contributed by atoms with van der Waals surface area (Å²) in [4.78, 5) is 21.9. The summed E-state index contributed by atoms with van der Waals surface area (Å²) in [5, 5.41) is 10.2. The van der Waals surface area contributed by atoms with Crippen molar-refractivity contribution < 1.29 is 27.5 Å². The second-order valence-electron chi connectivity index (χ2n) is 7.57. The van der Waals surface area contributed by atoms with E-state index in [4.69, 9.17) is 5.11 Å². The van der Waals surface area contributed by atoms with Crippen molar-refractivity contribution in [1.82, 2.24) is 9.97 Å². The van der Waals surface area contributed by atoms with Gasteiger partial charge in [0, 0.05) is 27.5 Å². The summed E-state index contributed by atoms with van der Waals surface area (Å²) >= 11 is 4.37. The van der Waals surface area contributed by atoms with E-state index in [0.29, 0.717) is 22.7 Å². The monoisotopic (exact) mass is 526 g/mol. The molecule has 178 valence electrons. The van der Waals surface area contributed by atoms with Crippen LogP contribution >= 0.6 is 34.4 Å². The molecule has 4 nitrogen and oxygen atoms in total. The van der Waals surface area contributed by atoms with Gasteiger partial charge in [-0.15, -0.1) is 34.4 Å². The molecule has 0 aliphatic heterocycles. The predicted molar refractivity (Wildman–Crippen MR) is 127 cm³/mol. The standard InChI is InChI=1S/C23H18F4N2O2S3/c1-11-3-6-16-20(29-18(33-16)7-8-19(30)31)21(11)32-10-17-12(2)28-22(34-17)13-4-5-14(15(24)9-13)23(25,26)27/h3-6,9H,7-8,10H2,1-2H3,(H,30,31). The number of hydrogen-bond acceptors (Lipinski definition) is 6. The quantitative estimate of drug-likeness (QED) is 0.200. The normalized spacial score (nSPS) is 11.9. The molecule has 0 saturated heterocycles. The average molecular weight is 527 g/mol. The Balaban J connectivity index is 1.56. The number of alkyl halides is 3. The summed E-state index contributed by atoms with van der Waals surface area (Å²) in [6.07, 6.45) is -4.35. The van der Waals surface area contributed by atoms with Crippen LogP contribution in [-0.2, 0) is 23.1 Å². The van der Waals surface area contributed by atoms with Crippen LogP contribution in [0.1, 0.15) is 33.1 Å². The van der Waals surface area contributed by atoms with Crippen LogP contribution in [0.5, 0.6) is 0 Å². The van der Waals surface area contributed by atoms with Crippen molar-refractivity contribution in [1.29, 1.82) is 0 Å². The van der Waals surface area contributed by atoms with E-state index in [1.54, 1.807) is 11.8 Å². The lowest BCUT2D eigenvalue weighted by atomic mass is 10.1. The largest absolute Gasteiger partial charge is 0.481 e. The highest BCUT2D eigenvalue weighted by Crippen LogP contribution is 2.39. The zero-order chi connectivity index (χ0) is 24.6. The van der Waals surface area contributed by atoms with Crippen LogP contribution < -0.4 is 0 Å². The number of thiazole rings is 2. The van der Waals surface area contributed by atoms with Gasteiger partial charge in [0.05, 0.1) is 32.9 Å². The van der Waals surface area contributed by atoms with Gasteiger partial charge in [-0.25, -0.2) is 14.4 Å². The maximum atomic E-state index is 14.0. The second-order valence-corrected chi connectivity index (χ2v) is 10.8. The van der Waals surface area contributed by atoms with E-state index in [0.717, 1.165) is 48.4 Å². The van der Waals surface area contributed by atoms with Crippen molar-refractivity contribution in [2.75, 3.05) is 0 Å². The zero-order valence-corrected chi connectivity index (χ0v) is 20.4. The summed E-state index contributed by atoms with van der Waals surface area (Å²) in [7, 11) is 0. The number of nitrogens with zero attached hydrogens (tertiary/aromatic N) is 2. The third-order valence-corrected chi connectivity index (χ3v) is 8.78. The number of benzene rings is 2. The summed E-state index contributed by atoms with van der Waals surface area (Å²) in [6, 6.07) is 6.83. The summed E-state index contributed by atoms with van der Waals surface area (Å²) in [6.45, 7) is 3.80. The van der Waals surface area contributed by atoms with Crippen LogP contribution in [0.25, 0.3) is 20.8 Å². The van der Waals surface area contributed by atoms with Crippen LogP contribution in [0.4, 0.5) is 17.6 Å². The van der Waals surface area contributed by atoms with Crippen molar-refractivity contribution in [3.8, 4) is 10.6 Å². The summed E-state index contributed by atoms with van der Waals surface area (Å²) in [5.74, 6) is -1.62. The van der Waals surface area contributed by atoms with Gasteiger partial charge in [0.1, 0.15) is 10.8 Å². The van der Waals surface area contributed by atoms with Crippen LogP contribution in [0.2, 0.25) is 0 Å². The molecule has 2 aromatic carbocycles. The molecule has 4 aromatic rings. The van der Waals surface area contributed by atoms with Crippen molar-refractivity contribution in [2.24, 2.45) is 0 Å². The van der Waals surface area contributed by atoms with Gasteiger partial charge in [-0.05, 0) is 37.6 Å². The Morgan fingerprint density at radius 1 is 1.12 bits per heavy atom. The van der Waals surface area contributed by atoms with E-state index in [1.165, 1.54) is 28.7 Å². The smallest absolute Gasteiger partial charge is 0.419 e. The number of carbonyl (C=O) groups is 1. The van der Waals surface area contributed by atoms with Gasteiger partial charge in [-0.2, -0.15) is 13.2 Å². The Morgan fingerprint density at radius 3 is 2.56 bits per heavy atom. The Kier molecular flexibility index (Phi) is 6.97. The van der Waals surface area contributed by atoms with Crippen molar-refractivity contribution >= 4 is 50.6 Å². The molecule has 0 bridgehead atoms. The first kappa shape index (κ1) is 24.6. The molecule has 0 saturated carbocycles. The number of thioether (sulfide) groups is 1. The summed E-state index contributed by atoms with van der Waals surface area (Å²) < 4.78 is 53.5. The van der Waals surface area contributed by atoms with E-state index in [1.807, 2.05) is 26.0 Å². The Hall–Kier alpha value is -2.50. The van der Waals surface area contributed by atoms with Crippen LogP contribution in [0.3, 0.4) is 0 Å². The fourth-order valence-electron chi connectivity index (χ4n) is 3.32. The zero-order valence-electron chi connectivity index (χ0n) is 18.0. The molecule has 0 aliphatic rings. The Labute approximate surface area is 204 Å². The number of hydrogen-bond donors (Lipinski definition) is 1. The highest BCUT2D eigenvalue weighted by molar-refractivity contribution is 7.99. The van der Waals surface area contributed by atoms with Crippen LogP contribution in [-0.4, -0.2) is 21.0 Å². The molecule has 2 heterocycles. The fraction of sp³-hybridized carbons (Fsp3) is 0.261. The van der Waals surface area contributed by atoms with E-state index in [2.05, 4.69) is 9.97 Å². The molecule has 34 heavy (non-hydrogen) atoms. The van der Waals surface area contributed by atoms with Crippen LogP contribution in [0.15, 0.2) is 35.2 Å². The first-order valence-corrected chi connectivity index (χ1v) is 12.7. The molecule has 0 radical (unpaired) electrons. The van der Waals surface area contributed by atoms with Crippen LogP contribution in [0, 0.1) is 19.7 Å². The minimum Gasteiger partial charge on any atom is -0.481 e. The minimum atomic E-state index is -4.74. The lowest BCUT2D eigenvalue weighted by Crippen LogP contribution is -2.07. The second kappa shape index (κ2) is 9.63. The van der Waals surface area contributed by atoms with Crippen molar-refractivity contribution in [3.05, 3.63) is 62.9 Å². The molecule has 0 aliphatic carbocycles.